The molecule has 0 saturated carbocycles. The molecule has 5 nitrogen and oxygen atoms in total. The molecule has 1 aliphatic rings. The minimum atomic E-state index is -0.184. The second-order valence-corrected chi connectivity index (χ2v) is 7.69. The molecular formula is C21H20Cl2N4O. The monoisotopic (exact) mass is 414 g/mol. The number of amides is 1. The van der Waals surface area contributed by atoms with E-state index < -0.39 is 0 Å². The Morgan fingerprint density at radius 2 is 1.82 bits per heavy atom. The molecule has 1 aliphatic heterocycles. The first-order valence-electron chi connectivity index (χ1n) is 9.23. The molecule has 1 saturated heterocycles. The van der Waals surface area contributed by atoms with Crippen molar-refractivity contribution in [3.05, 3.63) is 76.0 Å². The van der Waals surface area contributed by atoms with E-state index >= 15 is 0 Å². The van der Waals surface area contributed by atoms with Crippen LogP contribution in [0.2, 0.25) is 10.0 Å². The average Bonchev–Trinajstić information content (AvgIpc) is 3.14. The van der Waals surface area contributed by atoms with Gasteiger partial charge in [-0.3, -0.25) is 4.79 Å². The van der Waals surface area contributed by atoms with Crippen molar-refractivity contribution in [2.45, 2.75) is 18.8 Å². The summed E-state index contributed by atoms with van der Waals surface area (Å²) in [5, 5.41) is 12.1. The Labute approximate surface area is 173 Å². The van der Waals surface area contributed by atoms with Crippen molar-refractivity contribution in [1.82, 2.24) is 15.1 Å². The van der Waals surface area contributed by atoms with Crippen LogP contribution in [0, 0.1) is 0 Å². The number of hydrogen-bond donors (Lipinski definition) is 2. The highest BCUT2D eigenvalue weighted by Gasteiger charge is 2.27. The molecule has 0 spiro atoms. The standard InChI is InChI=1S/C21H20Cl2N4O/c22-15-4-6-18(7-5-15)27-20(14-8-10-24-11-9-14)19(13-25-27)21(28)26-17-3-1-2-16(23)12-17/h1-7,12-14,24H,8-11H2,(H,26,28). The first-order chi connectivity index (χ1) is 13.6. The quantitative estimate of drug-likeness (QED) is 0.638. The number of nitrogens with one attached hydrogen (secondary N) is 2. The lowest BCUT2D eigenvalue weighted by atomic mass is 9.91. The van der Waals surface area contributed by atoms with E-state index in [-0.39, 0.29) is 11.8 Å². The summed E-state index contributed by atoms with van der Waals surface area (Å²) in [5.41, 5.74) is 3.07. The van der Waals surface area contributed by atoms with Gasteiger partial charge in [0.15, 0.2) is 0 Å². The lowest BCUT2D eigenvalue weighted by molar-refractivity contribution is 0.102. The number of hydrogen-bond acceptors (Lipinski definition) is 3. The highest BCUT2D eigenvalue weighted by Crippen LogP contribution is 2.31. The molecule has 1 aromatic heterocycles. The van der Waals surface area contributed by atoms with Crippen LogP contribution in [0.4, 0.5) is 5.69 Å². The maximum Gasteiger partial charge on any atom is 0.259 e. The Balaban J connectivity index is 1.71. The molecule has 144 valence electrons. The summed E-state index contributed by atoms with van der Waals surface area (Å²) in [6.07, 6.45) is 3.55. The number of carbonyl (C=O) groups is 1. The molecule has 2 heterocycles. The Morgan fingerprint density at radius 1 is 1.07 bits per heavy atom. The predicted octanol–water partition coefficient (Wildman–Crippen LogP) is 4.90. The number of carbonyl (C=O) groups excluding carboxylic acids is 1. The smallest absolute Gasteiger partial charge is 0.259 e. The number of anilines is 1. The zero-order chi connectivity index (χ0) is 19.5. The van der Waals surface area contributed by atoms with Crippen molar-refractivity contribution in [2.24, 2.45) is 0 Å². The fourth-order valence-electron chi connectivity index (χ4n) is 3.57. The number of nitrogens with zero attached hydrogens (tertiary/aromatic N) is 2. The third-order valence-electron chi connectivity index (χ3n) is 4.93. The fraction of sp³-hybridized carbons (Fsp3) is 0.238. The summed E-state index contributed by atoms with van der Waals surface area (Å²) in [6.45, 7) is 1.84. The molecule has 7 heteroatoms. The Kier molecular flexibility index (Phi) is 5.67. The fourth-order valence-corrected chi connectivity index (χ4v) is 3.89. The van der Waals surface area contributed by atoms with Gasteiger partial charge in [-0.25, -0.2) is 4.68 Å². The minimum Gasteiger partial charge on any atom is -0.322 e. The van der Waals surface area contributed by atoms with Crippen molar-refractivity contribution in [3.63, 3.8) is 0 Å². The van der Waals surface area contributed by atoms with Gasteiger partial charge < -0.3 is 10.6 Å². The van der Waals surface area contributed by atoms with Crippen LogP contribution in [0.5, 0.6) is 0 Å². The number of aromatic nitrogens is 2. The summed E-state index contributed by atoms with van der Waals surface area (Å²) in [6, 6.07) is 14.6. The summed E-state index contributed by atoms with van der Waals surface area (Å²) in [5.74, 6) is 0.0653. The second-order valence-electron chi connectivity index (χ2n) is 6.82. The molecule has 0 atom stereocenters. The van der Waals surface area contributed by atoms with Crippen LogP contribution in [0.3, 0.4) is 0 Å². The molecule has 28 heavy (non-hydrogen) atoms. The van der Waals surface area contributed by atoms with E-state index in [0.29, 0.717) is 21.3 Å². The maximum absolute atomic E-state index is 13.0. The van der Waals surface area contributed by atoms with E-state index in [1.165, 1.54) is 0 Å². The van der Waals surface area contributed by atoms with Crippen LogP contribution < -0.4 is 10.6 Å². The van der Waals surface area contributed by atoms with Gasteiger partial charge in [-0.05, 0) is 68.4 Å². The molecule has 2 aromatic carbocycles. The Bertz CT molecular complexity index is 978. The van der Waals surface area contributed by atoms with Crippen LogP contribution in [0.25, 0.3) is 5.69 Å². The van der Waals surface area contributed by atoms with Gasteiger partial charge in [-0.2, -0.15) is 5.10 Å². The lowest BCUT2D eigenvalue weighted by Gasteiger charge is -2.24. The molecule has 2 N–H and O–H groups in total. The normalized spacial score (nSPS) is 14.8. The van der Waals surface area contributed by atoms with E-state index in [1.54, 1.807) is 18.3 Å². The van der Waals surface area contributed by atoms with Crippen molar-refractivity contribution in [3.8, 4) is 5.69 Å². The SMILES string of the molecule is O=C(Nc1cccc(Cl)c1)c1cnn(-c2ccc(Cl)cc2)c1C1CCNCC1. The largest absolute Gasteiger partial charge is 0.322 e. The van der Waals surface area contributed by atoms with Gasteiger partial charge in [0.25, 0.3) is 5.91 Å². The second kappa shape index (κ2) is 8.35. The van der Waals surface area contributed by atoms with Gasteiger partial charge in [0, 0.05) is 21.7 Å². The number of benzene rings is 2. The number of rotatable bonds is 4. The predicted molar refractivity (Wildman–Crippen MR) is 113 cm³/mol. The zero-order valence-corrected chi connectivity index (χ0v) is 16.7. The molecular weight excluding hydrogens is 395 g/mol. The van der Waals surface area contributed by atoms with Crippen molar-refractivity contribution in [2.75, 3.05) is 18.4 Å². The highest BCUT2D eigenvalue weighted by atomic mass is 35.5. The first-order valence-corrected chi connectivity index (χ1v) is 9.99. The molecule has 3 aromatic rings. The highest BCUT2D eigenvalue weighted by molar-refractivity contribution is 6.31. The lowest BCUT2D eigenvalue weighted by Crippen LogP contribution is -2.29. The van der Waals surface area contributed by atoms with E-state index in [4.69, 9.17) is 23.2 Å². The molecule has 1 amide bonds. The summed E-state index contributed by atoms with van der Waals surface area (Å²) in [7, 11) is 0. The summed E-state index contributed by atoms with van der Waals surface area (Å²) < 4.78 is 1.86. The molecule has 0 radical (unpaired) electrons. The van der Waals surface area contributed by atoms with Crippen LogP contribution in [-0.4, -0.2) is 28.8 Å². The van der Waals surface area contributed by atoms with E-state index in [1.807, 2.05) is 41.1 Å². The Morgan fingerprint density at radius 3 is 2.54 bits per heavy atom. The van der Waals surface area contributed by atoms with E-state index in [0.717, 1.165) is 37.3 Å². The Hall–Kier alpha value is -2.34. The van der Waals surface area contributed by atoms with Crippen molar-refractivity contribution >= 4 is 34.8 Å². The minimum absolute atomic E-state index is 0.184. The number of piperidine rings is 1. The summed E-state index contributed by atoms with van der Waals surface area (Å²) >= 11 is 12.1. The molecule has 1 fully saturated rings. The molecule has 0 aliphatic carbocycles. The first kappa shape index (κ1) is 19.0. The molecule has 0 bridgehead atoms. The summed E-state index contributed by atoms with van der Waals surface area (Å²) in [4.78, 5) is 13.0. The number of halogens is 2. The van der Waals surface area contributed by atoms with E-state index in [2.05, 4.69) is 15.7 Å². The topological polar surface area (TPSA) is 59.0 Å². The van der Waals surface area contributed by atoms with Crippen LogP contribution >= 0.6 is 23.2 Å². The van der Waals surface area contributed by atoms with Gasteiger partial charge in [0.1, 0.15) is 0 Å². The van der Waals surface area contributed by atoms with Gasteiger partial charge in [0.05, 0.1) is 23.1 Å². The van der Waals surface area contributed by atoms with Crippen LogP contribution in [0.1, 0.15) is 34.8 Å². The van der Waals surface area contributed by atoms with Crippen LogP contribution in [-0.2, 0) is 0 Å². The average molecular weight is 415 g/mol. The van der Waals surface area contributed by atoms with E-state index in [9.17, 15) is 4.79 Å². The van der Waals surface area contributed by atoms with Gasteiger partial charge >= 0.3 is 0 Å². The van der Waals surface area contributed by atoms with Gasteiger partial charge in [-0.1, -0.05) is 29.3 Å². The van der Waals surface area contributed by atoms with Crippen LogP contribution in [0.15, 0.2) is 54.7 Å². The van der Waals surface area contributed by atoms with Crippen molar-refractivity contribution < 1.29 is 4.79 Å². The maximum atomic E-state index is 13.0. The van der Waals surface area contributed by atoms with Gasteiger partial charge in [0.2, 0.25) is 0 Å². The van der Waals surface area contributed by atoms with Crippen molar-refractivity contribution in [1.29, 1.82) is 0 Å². The van der Waals surface area contributed by atoms with Gasteiger partial charge in [-0.15, -0.1) is 0 Å². The zero-order valence-electron chi connectivity index (χ0n) is 15.2. The third-order valence-corrected chi connectivity index (χ3v) is 5.42. The third kappa shape index (κ3) is 4.07. The molecule has 0 unspecified atom stereocenters. The molecule has 4 rings (SSSR count).